The van der Waals surface area contributed by atoms with Crippen LogP contribution in [0.25, 0.3) is 11.1 Å². The average molecular weight is 348 g/mol. The van der Waals surface area contributed by atoms with E-state index in [0.29, 0.717) is 13.2 Å². The van der Waals surface area contributed by atoms with Crippen LogP contribution in [0.2, 0.25) is 0 Å². The number of ether oxygens (including phenoxy) is 2. The van der Waals surface area contributed by atoms with E-state index in [0.717, 1.165) is 24.3 Å². The summed E-state index contributed by atoms with van der Waals surface area (Å²) in [5.74, 6) is 1.73. The molecule has 2 heteroatoms. The maximum atomic E-state index is 5.59. The molecular weight excluding hydrogens is 320 g/mol. The number of allylic oxidation sites excluding steroid dienone is 2. The van der Waals surface area contributed by atoms with Crippen LogP contribution in [0.4, 0.5) is 0 Å². The van der Waals surface area contributed by atoms with Gasteiger partial charge in [-0.3, -0.25) is 0 Å². The Balaban J connectivity index is 2.31. The molecular formula is C24H28O2. The van der Waals surface area contributed by atoms with Crippen LogP contribution in [0.15, 0.2) is 73.8 Å². The predicted molar refractivity (Wildman–Crippen MR) is 112 cm³/mol. The molecule has 0 aliphatic heterocycles. The minimum absolute atomic E-state index is 0.524. The molecule has 0 atom stereocenters. The van der Waals surface area contributed by atoms with Crippen LogP contribution in [-0.4, -0.2) is 13.2 Å². The Morgan fingerprint density at radius 1 is 0.692 bits per heavy atom. The first-order valence-corrected chi connectivity index (χ1v) is 9.13. The van der Waals surface area contributed by atoms with Crippen molar-refractivity contribution in [3.05, 3.63) is 85.0 Å². The normalized spacial score (nSPS) is 11.5. The molecule has 0 N–H and O–H groups in total. The third-order valence-electron chi connectivity index (χ3n) is 4.21. The average Bonchev–Trinajstić information content (AvgIpc) is 2.70. The first kappa shape index (κ1) is 19.6. The molecule has 2 nitrogen and oxygen atoms in total. The summed E-state index contributed by atoms with van der Waals surface area (Å²) in [6, 6.07) is 16.6. The number of benzene rings is 2. The van der Waals surface area contributed by atoms with Crippen molar-refractivity contribution in [1.29, 1.82) is 0 Å². The molecule has 2 rings (SSSR count). The lowest BCUT2D eigenvalue weighted by atomic mass is 9.91. The fourth-order valence-corrected chi connectivity index (χ4v) is 3.00. The molecule has 0 aliphatic carbocycles. The van der Waals surface area contributed by atoms with Crippen molar-refractivity contribution >= 4 is 11.1 Å². The Kier molecular flexibility index (Phi) is 7.75. The summed E-state index contributed by atoms with van der Waals surface area (Å²) in [5.41, 5.74) is 5.20. The van der Waals surface area contributed by atoms with E-state index in [1.807, 2.05) is 24.3 Å². The van der Waals surface area contributed by atoms with Crippen molar-refractivity contribution in [3.8, 4) is 11.5 Å². The fraction of sp³-hybridized carbons (Fsp3) is 0.250. The second-order valence-electron chi connectivity index (χ2n) is 5.91. The van der Waals surface area contributed by atoms with Gasteiger partial charge in [0.25, 0.3) is 0 Å². The van der Waals surface area contributed by atoms with Crippen molar-refractivity contribution in [2.24, 2.45) is 0 Å². The van der Waals surface area contributed by atoms with Gasteiger partial charge in [0.2, 0.25) is 0 Å². The smallest absolute Gasteiger partial charge is 0.119 e. The van der Waals surface area contributed by atoms with Crippen LogP contribution in [-0.2, 0) is 0 Å². The van der Waals surface area contributed by atoms with E-state index < -0.39 is 0 Å². The number of rotatable bonds is 10. The molecule has 136 valence electrons. The van der Waals surface area contributed by atoms with Crippen molar-refractivity contribution < 1.29 is 9.47 Å². The highest BCUT2D eigenvalue weighted by molar-refractivity contribution is 5.90. The van der Waals surface area contributed by atoms with Crippen LogP contribution >= 0.6 is 0 Å². The van der Waals surface area contributed by atoms with Gasteiger partial charge in [0.15, 0.2) is 0 Å². The zero-order chi connectivity index (χ0) is 18.8. The molecule has 0 spiro atoms. The van der Waals surface area contributed by atoms with Crippen LogP contribution < -0.4 is 9.47 Å². The van der Waals surface area contributed by atoms with Gasteiger partial charge in [-0.05, 0) is 59.4 Å². The van der Waals surface area contributed by atoms with E-state index in [1.54, 1.807) is 12.2 Å². The SMILES string of the molecule is C=CCOc1ccc(C(CC)=C(CC)c2ccc(OCC=C)cc2)cc1. The van der Waals surface area contributed by atoms with Gasteiger partial charge in [-0.25, -0.2) is 0 Å². The van der Waals surface area contributed by atoms with Gasteiger partial charge in [-0.2, -0.15) is 0 Å². The first-order valence-electron chi connectivity index (χ1n) is 9.13. The zero-order valence-corrected chi connectivity index (χ0v) is 15.8. The third kappa shape index (κ3) is 5.13. The lowest BCUT2D eigenvalue weighted by Gasteiger charge is -2.15. The molecule has 0 saturated carbocycles. The Labute approximate surface area is 157 Å². The van der Waals surface area contributed by atoms with E-state index in [9.17, 15) is 0 Å². The van der Waals surface area contributed by atoms with E-state index >= 15 is 0 Å². The summed E-state index contributed by atoms with van der Waals surface area (Å²) >= 11 is 0. The van der Waals surface area contributed by atoms with E-state index in [4.69, 9.17) is 9.47 Å². The Morgan fingerprint density at radius 2 is 1.04 bits per heavy atom. The van der Waals surface area contributed by atoms with Gasteiger partial charge in [0.05, 0.1) is 0 Å². The van der Waals surface area contributed by atoms with Crippen LogP contribution in [0.5, 0.6) is 11.5 Å². The molecule has 26 heavy (non-hydrogen) atoms. The quantitative estimate of drug-likeness (QED) is 0.358. The Bertz CT molecular complexity index is 671. The Morgan fingerprint density at radius 3 is 1.31 bits per heavy atom. The van der Waals surface area contributed by atoms with Gasteiger partial charge in [0.1, 0.15) is 24.7 Å². The van der Waals surface area contributed by atoms with Crippen molar-refractivity contribution in [2.75, 3.05) is 13.2 Å². The third-order valence-corrected chi connectivity index (χ3v) is 4.21. The fourth-order valence-electron chi connectivity index (χ4n) is 3.00. The minimum Gasteiger partial charge on any atom is -0.490 e. The van der Waals surface area contributed by atoms with Crippen LogP contribution in [0.3, 0.4) is 0 Å². The van der Waals surface area contributed by atoms with E-state index in [2.05, 4.69) is 51.3 Å². The lowest BCUT2D eigenvalue weighted by Crippen LogP contribution is -1.95. The highest BCUT2D eigenvalue weighted by Gasteiger charge is 2.09. The number of hydrogen-bond acceptors (Lipinski definition) is 2. The summed E-state index contributed by atoms with van der Waals surface area (Å²) in [7, 11) is 0. The van der Waals surface area contributed by atoms with Crippen molar-refractivity contribution in [3.63, 3.8) is 0 Å². The second-order valence-corrected chi connectivity index (χ2v) is 5.91. The molecule has 0 aliphatic rings. The minimum atomic E-state index is 0.524. The highest BCUT2D eigenvalue weighted by Crippen LogP contribution is 2.32. The molecule has 0 bridgehead atoms. The molecule has 0 heterocycles. The Hall–Kier alpha value is -2.74. The van der Waals surface area contributed by atoms with Crippen molar-refractivity contribution in [1.82, 2.24) is 0 Å². The monoisotopic (exact) mass is 348 g/mol. The van der Waals surface area contributed by atoms with Gasteiger partial charge < -0.3 is 9.47 Å². The molecule has 0 aromatic heterocycles. The molecule has 0 unspecified atom stereocenters. The lowest BCUT2D eigenvalue weighted by molar-refractivity contribution is 0.363. The molecule has 0 saturated heterocycles. The zero-order valence-electron chi connectivity index (χ0n) is 15.8. The topological polar surface area (TPSA) is 18.5 Å². The standard InChI is InChI=1S/C24H28O2/c1-5-17-25-21-13-9-19(10-14-21)23(7-3)24(8-4)20-11-15-22(16-12-20)26-18-6-2/h5-6,9-16H,1-2,7-8,17-18H2,3-4H3. The van der Waals surface area contributed by atoms with E-state index in [1.165, 1.54) is 22.3 Å². The number of hydrogen-bond donors (Lipinski definition) is 0. The molecule has 2 aromatic rings. The molecule has 0 radical (unpaired) electrons. The summed E-state index contributed by atoms with van der Waals surface area (Å²) in [4.78, 5) is 0. The maximum absolute atomic E-state index is 5.59. The summed E-state index contributed by atoms with van der Waals surface area (Å²) < 4.78 is 11.2. The molecule has 0 fully saturated rings. The van der Waals surface area contributed by atoms with Gasteiger partial charge in [-0.15, -0.1) is 0 Å². The predicted octanol–water partition coefficient (Wildman–Crippen LogP) is 6.55. The summed E-state index contributed by atoms with van der Waals surface area (Å²) in [6.45, 7) is 12.8. The summed E-state index contributed by atoms with van der Waals surface area (Å²) in [5, 5.41) is 0. The largest absolute Gasteiger partial charge is 0.490 e. The van der Waals surface area contributed by atoms with Gasteiger partial charge in [-0.1, -0.05) is 63.4 Å². The highest BCUT2D eigenvalue weighted by atomic mass is 16.5. The van der Waals surface area contributed by atoms with Crippen LogP contribution in [0, 0.1) is 0 Å². The summed E-state index contributed by atoms with van der Waals surface area (Å²) in [6.07, 6.45) is 5.46. The second kappa shape index (κ2) is 10.3. The van der Waals surface area contributed by atoms with Crippen LogP contribution in [0.1, 0.15) is 37.8 Å². The molecule has 0 amide bonds. The van der Waals surface area contributed by atoms with E-state index in [-0.39, 0.29) is 0 Å². The van der Waals surface area contributed by atoms with Gasteiger partial charge in [0, 0.05) is 0 Å². The van der Waals surface area contributed by atoms with Crippen molar-refractivity contribution in [2.45, 2.75) is 26.7 Å². The maximum Gasteiger partial charge on any atom is 0.119 e. The first-order chi connectivity index (χ1) is 12.7. The van der Waals surface area contributed by atoms with Gasteiger partial charge >= 0.3 is 0 Å². The molecule has 2 aromatic carbocycles.